The zero-order chi connectivity index (χ0) is 32.1. The van der Waals surface area contributed by atoms with Crippen LogP contribution in [0.4, 0.5) is 0 Å². The Kier molecular flexibility index (Phi) is 7.53. The van der Waals surface area contributed by atoms with E-state index in [4.69, 9.17) is 0 Å². The number of benzene rings is 2. The zero-order valence-electron chi connectivity index (χ0n) is 25.1. The van der Waals surface area contributed by atoms with Crippen LogP contribution in [-0.2, 0) is 0 Å². The minimum Gasteiger partial charge on any atom is -0.244 e. The fraction of sp³-hybridized carbons (Fsp3) is 0. The van der Waals surface area contributed by atoms with Crippen LogP contribution in [0.3, 0.4) is 0 Å². The minimum absolute atomic E-state index is 0.492. The fourth-order valence-corrected chi connectivity index (χ4v) is 5.47. The predicted octanol–water partition coefficient (Wildman–Crippen LogP) is 6.10. The Morgan fingerprint density at radius 2 is 0.583 bits per heavy atom. The van der Waals surface area contributed by atoms with E-state index in [1.807, 2.05) is 18.2 Å². The van der Waals surface area contributed by atoms with Crippen LogP contribution in [0.15, 0.2) is 135 Å². The van der Waals surface area contributed by atoms with Gasteiger partial charge in [0, 0.05) is 108 Å². The third-order valence-corrected chi connectivity index (χ3v) is 7.48. The molecule has 0 fully saturated rings. The second-order valence-electron chi connectivity index (χ2n) is 10.4. The second-order valence-corrected chi connectivity index (χ2v) is 10.4. The smallest absolute Gasteiger partial charge is 0.160 e. The molecule has 0 atom stereocenters. The van der Waals surface area contributed by atoms with Gasteiger partial charge >= 0.3 is 0 Å². The van der Waals surface area contributed by atoms with E-state index in [0.29, 0.717) is 45.8 Å². The minimum atomic E-state index is 0.492. The van der Waals surface area contributed by atoms with Crippen LogP contribution in [-0.4, -0.2) is 59.8 Å². The topological polar surface area (TPSA) is 155 Å². The molecule has 6 heterocycles. The Hall–Kier alpha value is -7.08. The molecule has 0 aliphatic rings. The Balaban J connectivity index is 1.48. The maximum absolute atomic E-state index is 4.63. The van der Waals surface area contributed by atoms with Crippen LogP contribution >= 0.6 is 0 Å². The van der Waals surface area contributed by atoms with Crippen LogP contribution in [0.5, 0.6) is 0 Å². The molecule has 12 heteroatoms. The molecule has 8 rings (SSSR count). The standard InChI is InChI=1S/C36H22N12/c1-6-39-32(40-7-1)27-17-23(16-26(25-20-37-22-38-21-25)30(27)35-45-12-4-13-46-35)24-18-28(33-41-8-2-9-42-33)31(36-47-14-5-15-48-36)29(19-24)34-43-10-3-11-44-34/h1-22H. The lowest BCUT2D eigenvalue weighted by Crippen LogP contribution is -2.01. The molecule has 0 unspecified atom stereocenters. The Morgan fingerprint density at radius 1 is 0.292 bits per heavy atom. The summed E-state index contributed by atoms with van der Waals surface area (Å²) in [7, 11) is 0. The molecule has 0 aliphatic heterocycles. The van der Waals surface area contributed by atoms with Crippen molar-refractivity contribution in [1.29, 1.82) is 0 Å². The van der Waals surface area contributed by atoms with Crippen molar-refractivity contribution in [3.63, 3.8) is 0 Å². The monoisotopic (exact) mass is 622 g/mol. The van der Waals surface area contributed by atoms with Gasteiger partial charge in [-0.3, -0.25) is 0 Å². The quantitative estimate of drug-likeness (QED) is 0.202. The van der Waals surface area contributed by atoms with E-state index in [2.05, 4.69) is 65.9 Å². The number of hydrogen-bond acceptors (Lipinski definition) is 12. The summed E-state index contributed by atoms with van der Waals surface area (Å²) < 4.78 is 0. The van der Waals surface area contributed by atoms with Gasteiger partial charge < -0.3 is 0 Å². The molecule has 2 aromatic carbocycles. The van der Waals surface area contributed by atoms with Gasteiger partial charge in [-0.15, -0.1) is 0 Å². The first kappa shape index (κ1) is 28.4. The van der Waals surface area contributed by atoms with Gasteiger partial charge in [-0.2, -0.15) is 0 Å². The van der Waals surface area contributed by atoms with Crippen LogP contribution in [0.1, 0.15) is 0 Å². The molecule has 0 saturated heterocycles. The highest BCUT2D eigenvalue weighted by Gasteiger charge is 2.24. The number of rotatable bonds is 7. The molecule has 8 aromatic rings. The molecule has 0 aliphatic carbocycles. The van der Waals surface area contributed by atoms with Crippen LogP contribution in [0, 0.1) is 0 Å². The van der Waals surface area contributed by atoms with Crippen molar-refractivity contribution in [2.45, 2.75) is 0 Å². The molecule has 6 aromatic heterocycles. The van der Waals surface area contributed by atoms with Crippen molar-refractivity contribution in [2.24, 2.45) is 0 Å². The van der Waals surface area contributed by atoms with Gasteiger partial charge in [-0.05, 0) is 71.3 Å². The van der Waals surface area contributed by atoms with Crippen molar-refractivity contribution in [2.75, 3.05) is 0 Å². The van der Waals surface area contributed by atoms with Gasteiger partial charge in [0.1, 0.15) is 6.33 Å². The lowest BCUT2D eigenvalue weighted by Gasteiger charge is -2.18. The number of hydrogen-bond donors (Lipinski definition) is 0. The van der Waals surface area contributed by atoms with Gasteiger partial charge in [-0.1, -0.05) is 0 Å². The third kappa shape index (κ3) is 5.49. The molecule has 12 nitrogen and oxygen atoms in total. The van der Waals surface area contributed by atoms with Crippen molar-refractivity contribution >= 4 is 0 Å². The van der Waals surface area contributed by atoms with E-state index in [9.17, 15) is 0 Å². The highest BCUT2D eigenvalue weighted by atomic mass is 14.9. The Labute approximate surface area is 273 Å². The van der Waals surface area contributed by atoms with Crippen LogP contribution in [0.25, 0.3) is 79.2 Å². The summed E-state index contributed by atoms with van der Waals surface area (Å²) in [4.78, 5) is 54.9. The Bertz CT molecular complexity index is 2020. The SMILES string of the molecule is c1cnc(-c2cc(-c3cc(-c4ncccn4)c(-c4ncccn4)c(-c4ncccn4)c3)cc(-c3cncnc3)c2-c2ncccn2)nc1. The Morgan fingerprint density at radius 3 is 0.938 bits per heavy atom. The fourth-order valence-electron chi connectivity index (χ4n) is 5.47. The third-order valence-electron chi connectivity index (χ3n) is 7.48. The molecular formula is C36H22N12. The van der Waals surface area contributed by atoms with E-state index in [1.165, 1.54) is 6.33 Å². The average Bonchev–Trinajstić information content (AvgIpc) is 3.19. The van der Waals surface area contributed by atoms with Crippen LogP contribution < -0.4 is 0 Å². The first-order valence-electron chi connectivity index (χ1n) is 14.8. The maximum Gasteiger partial charge on any atom is 0.160 e. The van der Waals surface area contributed by atoms with Gasteiger partial charge in [-0.25, -0.2) is 59.8 Å². The summed E-state index contributed by atoms with van der Waals surface area (Å²) in [5.74, 6) is 2.50. The van der Waals surface area contributed by atoms with E-state index >= 15 is 0 Å². The van der Waals surface area contributed by atoms with E-state index in [1.54, 1.807) is 105 Å². The lowest BCUT2D eigenvalue weighted by molar-refractivity contribution is 1.14. The highest BCUT2D eigenvalue weighted by Crippen LogP contribution is 2.44. The molecule has 0 radical (unpaired) electrons. The zero-order valence-corrected chi connectivity index (χ0v) is 25.1. The van der Waals surface area contributed by atoms with Gasteiger partial charge in [0.05, 0.1) is 0 Å². The normalized spacial score (nSPS) is 10.9. The van der Waals surface area contributed by atoms with E-state index in [0.717, 1.165) is 33.4 Å². The molecule has 0 spiro atoms. The van der Waals surface area contributed by atoms with Crippen LogP contribution in [0.2, 0.25) is 0 Å². The number of aromatic nitrogens is 12. The first-order chi connectivity index (χ1) is 23.8. The summed E-state index contributed by atoms with van der Waals surface area (Å²) in [6.45, 7) is 0. The maximum atomic E-state index is 4.63. The van der Waals surface area contributed by atoms with Crippen molar-refractivity contribution in [1.82, 2.24) is 59.8 Å². The van der Waals surface area contributed by atoms with E-state index in [-0.39, 0.29) is 0 Å². The molecule has 0 amide bonds. The first-order valence-corrected chi connectivity index (χ1v) is 14.8. The molecule has 0 saturated carbocycles. The van der Waals surface area contributed by atoms with Gasteiger partial charge in [0.2, 0.25) is 0 Å². The van der Waals surface area contributed by atoms with Crippen molar-refractivity contribution < 1.29 is 0 Å². The van der Waals surface area contributed by atoms with Crippen molar-refractivity contribution in [3.8, 4) is 79.2 Å². The summed E-state index contributed by atoms with van der Waals surface area (Å²) in [6.07, 6.45) is 22.1. The predicted molar refractivity (Wildman–Crippen MR) is 178 cm³/mol. The summed E-state index contributed by atoms with van der Waals surface area (Å²) in [6, 6.07) is 17.0. The van der Waals surface area contributed by atoms with Gasteiger partial charge in [0.25, 0.3) is 0 Å². The van der Waals surface area contributed by atoms with E-state index < -0.39 is 0 Å². The number of nitrogens with zero attached hydrogens (tertiary/aromatic N) is 12. The molecule has 0 N–H and O–H groups in total. The average molecular weight is 623 g/mol. The lowest BCUT2D eigenvalue weighted by atomic mass is 9.88. The molecule has 226 valence electrons. The molecule has 48 heavy (non-hydrogen) atoms. The largest absolute Gasteiger partial charge is 0.244 e. The van der Waals surface area contributed by atoms with Crippen molar-refractivity contribution in [3.05, 3.63) is 135 Å². The summed E-state index contributed by atoms with van der Waals surface area (Å²) in [5.41, 5.74) is 6.82. The molecule has 0 bridgehead atoms. The van der Waals surface area contributed by atoms with Gasteiger partial charge in [0.15, 0.2) is 29.1 Å². The highest BCUT2D eigenvalue weighted by molar-refractivity contribution is 5.97. The molecular weight excluding hydrogens is 600 g/mol. The summed E-state index contributed by atoms with van der Waals surface area (Å²) in [5, 5.41) is 0. The summed E-state index contributed by atoms with van der Waals surface area (Å²) >= 11 is 0. The second kappa shape index (κ2) is 12.7.